The average Bonchev–Trinajstić information content (AvgIpc) is 2.44. The Morgan fingerprint density at radius 1 is 1.30 bits per heavy atom. The van der Waals surface area contributed by atoms with Crippen molar-refractivity contribution in [2.45, 2.75) is 19.9 Å². The summed E-state index contributed by atoms with van der Waals surface area (Å²) in [6, 6.07) is 3.31. The minimum Gasteiger partial charge on any atom is -0.492 e. The molecule has 0 saturated carbocycles. The maximum atomic E-state index is 14.1. The van der Waals surface area contributed by atoms with Gasteiger partial charge in [-0.05, 0) is 37.1 Å². The monoisotopic (exact) mass is 278 g/mol. The van der Waals surface area contributed by atoms with Gasteiger partial charge in [-0.2, -0.15) is 0 Å². The van der Waals surface area contributed by atoms with Crippen LogP contribution in [0.1, 0.15) is 29.7 Å². The Morgan fingerprint density at radius 2 is 2.05 bits per heavy atom. The van der Waals surface area contributed by atoms with Crippen molar-refractivity contribution in [2.75, 3.05) is 6.61 Å². The third-order valence-corrected chi connectivity index (χ3v) is 3.04. The van der Waals surface area contributed by atoms with Gasteiger partial charge in [-0.1, -0.05) is 6.07 Å². The number of nitrogens with two attached hydrogens (primary N) is 1. The fraction of sp³-hybridized carbons (Fsp3) is 0.267. The molecule has 0 radical (unpaired) electrons. The van der Waals surface area contributed by atoms with E-state index in [4.69, 9.17) is 10.5 Å². The molecule has 0 saturated heterocycles. The Labute approximate surface area is 116 Å². The summed E-state index contributed by atoms with van der Waals surface area (Å²) in [7, 11) is 0. The lowest BCUT2D eigenvalue weighted by Gasteiger charge is -2.16. The summed E-state index contributed by atoms with van der Waals surface area (Å²) in [6.07, 6.45) is 3.01. The van der Waals surface area contributed by atoms with Gasteiger partial charge >= 0.3 is 0 Å². The number of pyridine rings is 1. The van der Waals surface area contributed by atoms with Crippen molar-refractivity contribution in [1.29, 1.82) is 0 Å². The number of hydrogen-bond acceptors (Lipinski definition) is 3. The van der Waals surface area contributed by atoms with Crippen LogP contribution in [-0.2, 0) is 0 Å². The van der Waals surface area contributed by atoms with E-state index in [1.165, 1.54) is 24.5 Å². The molecule has 0 bridgehead atoms. The number of ether oxygens (including phenoxy) is 1. The Morgan fingerprint density at radius 3 is 2.75 bits per heavy atom. The molecule has 3 nitrogen and oxygen atoms in total. The van der Waals surface area contributed by atoms with E-state index in [1.54, 1.807) is 13.0 Å². The van der Waals surface area contributed by atoms with Gasteiger partial charge in [-0.15, -0.1) is 0 Å². The summed E-state index contributed by atoms with van der Waals surface area (Å²) in [5.74, 6) is -0.768. The molecule has 0 fully saturated rings. The zero-order valence-electron chi connectivity index (χ0n) is 11.4. The molecule has 1 aromatic carbocycles. The van der Waals surface area contributed by atoms with Crippen molar-refractivity contribution in [3.05, 3.63) is 58.9 Å². The predicted octanol–water partition coefficient (Wildman–Crippen LogP) is 3.12. The molecule has 20 heavy (non-hydrogen) atoms. The topological polar surface area (TPSA) is 48.1 Å². The molecule has 2 aromatic rings. The normalized spacial score (nSPS) is 12.2. The van der Waals surface area contributed by atoms with Crippen LogP contribution < -0.4 is 10.5 Å². The lowest BCUT2D eigenvalue weighted by molar-refractivity contribution is 0.338. The molecular formula is C15H16F2N2O. The van der Waals surface area contributed by atoms with E-state index < -0.39 is 17.7 Å². The minimum absolute atomic E-state index is 0.152. The highest BCUT2D eigenvalue weighted by molar-refractivity contribution is 5.37. The van der Waals surface area contributed by atoms with Crippen LogP contribution in [0, 0.1) is 18.6 Å². The number of nitrogens with zero attached hydrogens (tertiary/aromatic N) is 1. The Balaban J connectivity index is 2.43. The fourth-order valence-corrected chi connectivity index (χ4v) is 1.98. The van der Waals surface area contributed by atoms with Gasteiger partial charge in [0.1, 0.15) is 17.4 Å². The number of hydrogen-bond donors (Lipinski definition) is 1. The molecule has 1 heterocycles. The first-order valence-corrected chi connectivity index (χ1v) is 6.32. The van der Waals surface area contributed by atoms with Crippen LogP contribution >= 0.6 is 0 Å². The molecule has 0 amide bonds. The molecule has 1 unspecified atom stereocenters. The van der Waals surface area contributed by atoms with Crippen LogP contribution in [0.3, 0.4) is 0 Å². The Bertz CT molecular complexity index is 617. The van der Waals surface area contributed by atoms with Crippen molar-refractivity contribution in [3.8, 4) is 5.75 Å². The summed E-state index contributed by atoms with van der Waals surface area (Å²) in [5.41, 5.74) is 6.68. The zero-order chi connectivity index (χ0) is 14.7. The summed E-state index contributed by atoms with van der Waals surface area (Å²) in [5, 5.41) is 0. The molecular weight excluding hydrogens is 262 g/mol. The lowest BCUT2D eigenvalue weighted by Crippen LogP contribution is -2.16. The summed E-state index contributed by atoms with van der Waals surface area (Å²) >= 11 is 0. The summed E-state index contributed by atoms with van der Waals surface area (Å²) in [4.78, 5) is 3.98. The van der Waals surface area contributed by atoms with E-state index in [0.717, 1.165) is 0 Å². The third kappa shape index (κ3) is 2.77. The first kappa shape index (κ1) is 14.4. The van der Waals surface area contributed by atoms with E-state index in [0.29, 0.717) is 23.5 Å². The van der Waals surface area contributed by atoms with Crippen LogP contribution in [0.15, 0.2) is 30.6 Å². The first-order chi connectivity index (χ1) is 9.54. The number of rotatable bonds is 4. The van der Waals surface area contributed by atoms with Crippen molar-refractivity contribution in [2.24, 2.45) is 5.73 Å². The Hall–Kier alpha value is -2.01. The van der Waals surface area contributed by atoms with Crippen molar-refractivity contribution in [1.82, 2.24) is 4.98 Å². The number of aromatic nitrogens is 1. The van der Waals surface area contributed by atoms with Crippen LogP contribution in [0.5, 0.6) is 5.75 Å². The van der Waals surface area contributed by atoms with E-state index in [9.17, 15) is 8.78 Å². The van der Waals surface area contributed by atoms with Gasteiger partial charge in [-0.25, -0.2) is 8.78 Å². The first-order valence-electron chi connectivity index (χ1n) is 6.32. The average molecular weight is 278 g/mol. The number of benzene rings is 1. The molecule has 1 aromatic heterocycles. The van der Waals surface area contributed by atoms with Gasteiger partial charge in [0.25, 0.3) is 0 Å². The molecule has 1 atom stereocenters. The minimum atomic E-state index is -0.928. The molecule has 0 aliphatic heterocycles. The standard InChI is InChI=1S/C15H16F2N2O/c1-3-20-11-6-10(7-19-8-11)15(18)13-12(16)5-4-9(2)14(13)17/h4-8,15H,3,18H2,1-2H3. The molecule has 0 aliphatic rings. The molecule has 2 rings (SSSR count). The van der Waals surface area contributed by atoms with Gasteiger partial charge in [-0.3, -0.25) is 4.98 Å². The number of halogens is 2. The quantitative estimate of drug-likeness (QED) is 0.934. The van der Waals surface area contributed by atoms with E-state index in [-0.39, 0.29) is 5.56 Å². The van der Waals surface area contributed by atoms with Crippen molar-refractivity contribution >= 4 is 0 Å². The summed E-state index contributed by atoms with van der Waals surface area (Å²) in [6.45, 7) is 3.89. The third-order valence-electron chi connectivity index (χ3n) is 3.04. The molecule has 0 spiro atoms. The van der Waals surface area contributed by atoms with Crippen LogP contribution in [0.2, 0.25) is 0 Å². The second-order valence-electron chi connectivity index (χ2n) is 4.46. The second-order valence-corrected chi connectivity index (χ2v) is 4.46. The molecule has 0 aliphatic carbocycles. The van der Waals surface area contributed by atoms with E-state index in [1.807, 2.05) is 6.92 Å². The fourth-order valence-electron chi connectivity index (χ4n) is 1.98. The summed E-state index contributed by atoms with van der Waals surface area (Å²) < 4.78 is 33.2. The highest BCUT2D eigenvalue weighted by Gasteiger charge is 2.20. The Kier molecular flexibility index (Phi) is 4.29. The maximum Gasteiger partial charge on any atom is 0.137 e. The van der Waals surface area contributed by atoms with Gasteiger partial charge < -0.3 is 10.5 Å². The molecule has 5 heteroatoms. The molecule has 2 N–H and O–H groups in total. The second kappa shape index (κ2) is 5.96. The predicted molar refractivity (Wildman–Crippen MR) is 72.5 cm³/mol. The molecule has 106 valence electrons. The van der Waals surface area contributed by atoms with E-state index >= 15 is 0 Å². The van der Waals surface area contributed by atoms with Crippen LogP contribution in [0.25, 0.3) is 0 Å². The highest BCUT2D eigenvalue weighted by atomic mass is 19.1. The van der Waals surface area contributed by atoms with Crippen LogP contribution in [0.4, 0.5) is 8.78 Å². The van der Waals surface area contributed by atoms with Crippen molar-refractivity contribution < 1.29 is 13.5 Å². The SMILES string of the molecule is CCOc1cncc(C(N)c2c(F)ccc(C)c2F)c1. The largest absolute Gasteiger partial charge is 0.492 e. The zero-order valence-corrected chi connectivity index (χ0v) is 11.4. The van der Waals surface area contributed by atoms with Gasteiger partial charge in [0.15, 0.2) is 0 Å². The lowest BCUT2D eigenvalue weighted by atomic mass is 9.98. The van der Waals surface area contributed by atoms with Crippen molar-refractivity contribution in [3.63, 3.8) is 0 Å². The maximum absolute atomic E-state index is 14.1. The smallest absolute Gasteiger partial charge is 0.137 e. The van der Waals surface area contributed by atoms with E-state index in [2.05, 4.69) is 4.98 Å². The number of aryl methyl sites for hydroxylation is 1. The van der Waals surface area contributed by atoms with Gasteiger partial charge in [0.2, 0.25) is 0 Å². The van der Waals surface area contributed by atoms with Gasteiger partial charge in [0, 0.05) is 11.8 Å². The highest BCUT2D eigenvalue weighted by Crippen LogP contribution is 2.27. The van der Waals surface area contributed by atoms with Crippen LogP contribution in [-0.4, -0.2) is 11.6 Å². The van der Waals surface area contributed by atoms with Gasteiger partial charge in [0.05, 0.1) is 18.8 Å².